The van der Waals surface area contributed by atoms with Crippen LogP contribution < -0.4 is 5.32 Å². The van der Waals surface area contributed by atoms with E-state index in [2.05, 4.69) is 31.2 Å². The third-order valence-electron chi connectivity index (χ3n) is 3.44. The van der Waals surface area contributed by atoms with Gasteiger partial charge in [0.05, 0.1) is 17.6 Å². The predicted octanol–water partition coefficient (Wildman–Crippen LogP) is 4.32. The predicted molar refractivity (Wildman–Crippen MR) is 85.4 cm³/mol. The molecule has 0 saturated heterocycles. The molecule has 5 heteroatoms. The van der Waals surface area contributed by atoms with Gasteiger partial charge in [-0.05, 0) is 37.3 Å². The standard InChI is InChI=1S/C16H15BrFN3/c1-10(12-8-11(17)6-7-13(12)18)19-9-16-20-14-4-2-3-5-15(14)21-16/h2-8,10,19H,9H2,1H3,(H,20,21). The Bertz CT molecular complexity index is 736. The van der Waals surface area contributed by atoms with Crippen molar-refractivity contribution < 1.29 is 4.39 Å². The maximum Gasteiger partial charge on any atom is 0.128 e. The number of hydrogen-bond donors (Lipinski definition) is 2. The van der Waals surface area contributed by atoms with E-state index in [0.717, 1.165) is 21.3 Å². The number of nitrogens with one attached hydrogen (secondary N) is 2. The van der Waals surface area contributed by atoms with Crippen LogP contribution in [0.5, 0.6) is 0 Å². The number of aromatic amines is 1. The van der Waals surface area contributed by atoms with Gasteiger partial charge in [-0.15, -0.1) is 0 Å². The van der Waals surface area contributed by atoms with E-state index in [0.29, 0.717) is 12.1 Å². The maximum atomic E-state index is 13.8. The zero-order chi connectivity index (χ0) is 14.8. The lowest BCUT2D eigenvalue weighted by Crippen LogP contribution is -2.19. The second-order valence-electron chi connectivity index (χ2n) is 4.97. The van der Waals surface area contributed by atoms with Crippen LogP contribution in [-0.4, -0.2) is 9.97 Å². The number of nitrogens with zero attached hydrogens (tertiary/aromatic N) is 1. The van der Waals surface area contributed by atoms with E-state index in [1.165, 1.54) is 6.07 Å². The van der Waals surface area contributed by atoms with Crippen molar-refractivity contribution in [1.82, 2.24) is 15.3 Å². The molecule has 0 fully saturated rings. The number of aromatic nitrogens is 2. The minimum atomic E-state index is -0.206. The second kappa shape index (κ2) is 5.95. The summed E-state index contributed by atoms with van der Waals surface area (Å²) in [7, 11) is 0. The van der Waals surface area contributed by atoms with Gasteiger partial charge >= 0.3 is 0 Å². The average molecular weight is 348 g/mol. The Morgan fingerprint density at radius 2 is 2.10 bits per heavy atom. The number of para-hydroxylation sites is 2. The zero-order valence-electron chi connectivity index (χ0n) is 11.5. The van der Waals surface area contributed by atoms with Crippen molar-refractivity contribution in [3.63, 3.8) is 0 Å². The number of imidazole rings is 1. The molecule has 0 amide bonds. The fourth-order valence-corrected chi connectivity index (χ4v) is 2.67. The summed E-state index contributed by atoms with van der Waals surface area (Å²) in [6.07, 6.45) is 0. The van der Waals surface area contributed by atoms with Crippen LogP contribution in [0.1, 0.15) is 24.4 Å². The molecule has 3 rings (SSSR count). The third kappa shape index (κ3) is 3.14. The van der Waals surface area contributed by atoms with Crippen LogP contribution in [0.2, 0.25) is 0 Å². The van der Waals surface area contributed by atoms with E-state index in [9.17, 15) is 4.39 Å². The second-order valence-corrected chi connectivity index (χ2v) is 5.88. The molecular weight excluding hydrogens is 333 g/mol. The zero-order valence-corrected chi connectivity index (χ0v) is 13.1. The van der Waals surface area contributed by atoms with Crippen LogP contribution in [-0.2, 0) is 6.54 Å². The molecule has 2 N–H and O–H groups in total. The Morgan fingerprint density at radius 3 is 2.90 bits per heavy atom. The molecule has 21 heavy (non-hydrogen) atoms. The maximum absolute atomic E-state index is 13.8. The Labute approximate surface area is 130 Å². The molecule has 1 aromatic heterocycles. The fraction of sp³-hybridized carbons (Fsp3) is 0.188. The average Bonchev–Trinajstić information content (AvgIpc) is 2.90. The summed E-state index contributed by atoms with van der Waals surface area (Å²) in [6, 6.07) is 12.7. The first kappa shape index (κ1) is 14.2. The first-order valence-corrected chi connectivity index (χ1v) is 7.55. The largest absolute Gasteiger partial charge is 0.341 e. The molecule has 0 saturated carbocycles. The number of rotatable bonds is 4. The van der Waals surface area contributed by atoms with Gasteiger partial charge in [0.25, 0.3) is 0 Å². The van der Waals surface area contributed by atoms with Gasteiger partial charge in [0, 0.05) is 16.1 Å². The molecule has 2 aromatic carbocycles. The molecule has 3 aromatic rings. The minimum absolute atomic E-state index is 0.101. The number of hydrogen-bond acceptors (Lipinski definition) is 2. The van der Waals surface area contributed by atoms with Crippen molar-refractivity contribution in [2.75, 3.05) is 0 Å². The molecule has 0 aliphatic heterocycles. The van der Waals surface area contributed by atoms with E-state index >= 15 is 0 Å². The summed E-state index contributed by atoms with van der Waals surface area (Å²) < 4.78 is 14.7. The van der Waals surface area contributed by atoms with Crippen molar-refractivity contribution in [3.8, 4) is 0 Å². The van der Waals surface area contributed by atoms with E-state index in [-0.39, 0.29) is 11.9 Å². The summed E-state index contributed by atoms with van der Waals surface area (Å²) >= 11 is 3.37. The van der Waals surface area contributed by atoms with E-state index < -0.39 is 0 Å². The molecule has 108 valence electrons. The molecule has 0 bridgehead atoms. The molecule has 0 aliphatic rings. The lowest BCUT2D eigenvalue weighted by Gasteiger charge is -2.14. The lowest BCUT2D eigenvalue weighted by atomic mass is 10.1. The Kier molecular flexibility index (Phi) is 4.03. The quantitative estimate of drug-likeness (QED) is 0.737. The Morgan fingerprint density at radius 1 is 1.29 bits per heavy atom. The Hall–Kier alpha value is -1.72. The summed E-state index contributed by atoms with van der Waals surface area (Å²) in [5, 5.41) is 3.29. The number of benzene rings is 2. The molecule has 1 heterocycles. The normalized spacial score (nSPS) is 12.7. The number of halogens is 2. The van der Waals surface area contributed by atoms with Gasteiger partial charge in [0.2, 0.25) is 0 Å². The van der Waals surface area contributed by atoms with Crippen LogP contribution in [0.4, 0.5) is 4.39 Å². The summed E-state index contributed by atoms with van der Waals surface area (Å²) in [4.78, 5) is 7.75. The molecular formula is C16H15BrFN3. The van der Waals surface area contributed by atoms with E-state index in [4.69, 9.17) is 0 Å². The van der Waals surface area contributed by atoms with Crippen molar-refractivity contribution in [2.45, 2.75) is 19.5 Å². The molecule has 0 aliphatic carbocycles. The van der Waals surface area contributed by atoms with Crippen LogP contribution in [0, 0.1) is 5.82 Å². The van der Waals surface area contributed by atoms with Gasteiger partial charge in [-0.3, -0.25) is 0 Å². The number of H-pyrrole nitrogens is 1. The minimum Gasteiger partial charge on any atom is -0.341 e. The van der Waals surface area contributed by atoms with Crippen molar-refractivity contribution in [1.29, 1.82) is 0 Å². The smallest absolute Gasteiger partial charge is 0.128 e. The van der Waals surface area contributed by atoms with Crippen LogP contribution >= 0.6 is 15.9 Å². The highest BCUT2D eigenvalue weighted by Crippen LogP contribution is 2.22. The van der Waals surface area contributed by atoms with Crippen molar-refractivity contribution >= 4 is 27.0 Å². The number of fused-ring (bicyclic) bond motifs is 1. The van der Waals surface area contributed by atoms with Crippen molar-refractivity contribution in [2.24, 2.45) is 0 Å². The molecule has 1 unspecified atom stereocenters. The summed E-state index contributed by atoms with van der Waals surface area (Å²) in [5.74, 6) is 0.640. The highest BCUT2D eigenvalue weighted by atomic mass is 79.9. The summed E-state index contributed by atoms with van der Waals surface area (Å²) in [5.41, 5.74) is 2.59. The first-order chi connectivity index (χ1) is 10.1. The van der Waals surface area contributed by atoms with Gasteiger partial charge < -0.3 is 10.3 Å². The van der Waals surface area contributed by atoms with Gasteiger partial charge in [0.15, 0.2) is 0 Å². The van der Waals surface area contributed by atoms with E-state index in [1.807, 2.05) is 31.2 Å². The molecule has 0 spiro atoms. The van der Waals surface area contributed by atoms with Crippen LogP contribution in [0.15, 0.2) is 46.9 Å². The first-order valence-electron chi connectivity index (χ1n) is 6.75. The van der Waals surface area contributed by atoms with Gasteiger partial charge in [0.1, 0.15) is 11.6 Å². The van der Waals surface area contributed by atoms with Gasteiger partial charge in [-0.1, -0.05) is 28.1 Å². The monoisotopic (exact) mass is 347 g/mol. The molecule has 1 atom stereocenters. The SMILES string of the molecule is CC(NCc1nc2ccccc2[nH]1)c1cc(Br)ccc1F. The van der Waals surface area contributed by atoms with Crippen molar-refractivity contribution in [3.05, 3.63) is 64.1 Å². The summed E-state index contributed by atoms with van der Waals surface area (Å²) in [6.45, 7) is 2.50. The van der Waals surface area contributed by atoms with Crippen LogP contribution in [0.3, 0.4) is 0 Å². The lowest BCUT2D eigenvalue weighted by molar-refractivity contribution is 0.521. The van der Waals surface area contributed by atoms with Gasteiger partial charge in [-0.25, -0.2) is 9.37 Å². The molecule has 0 radical (unpaired) electrons. The van der Waals surface area contributed by atoms with E-state index in [1.54, 1.807) is 12.1 Å². The van der Waals surface area contributed by atoms with Crippen LogP contribution in [0.25, 0.3) is 11.0 Å². The fourth-order valence-electron chi connectivity index (χ4n) is 2.30. The molecule has 3 nitrogen and oxygen atoms in total. The highest BCUT2D eigenvalue weighted by Gasteiger charge is 2.12. The van der Waals surface area contributed by atoms with Gasteiger partial charge in [-0.2, -0.15) is 0 Å². The topological polar surface area (TPSA) is 40.7 Å². The highest BCUT2D eigenvalue weighted by molar-refractivity contribution is 9.10. The Balaban J connectivity index is 1.73. The third-order valence-corrected chi connectivity index (χ3v) is 3.93.